The number of rotatable bonds is 3. The summed E-state index contributed by atoms with van der Waals surface area (Å²) in [5.74, 6) is -2.28. The summed E-state index contributed by atoms with van der Waals surface area (Å²) in [6, 6.07) is 5.73. The van der Waals surface area contributed by atoms with Crippen molar-refractivity contribution < 1.29 is 50.0 Å². The van der Waals surface area contributed by atoms with E-state index in [1.54, 1.807) is 0 Å². The molecule has 0 spiro atoms. The molecule has 2 aromatic carbocycles. The zero-order chi connectivity index (χ0) is 23.3. The van der Waals surface area contributed by atoms with Crippen LogP contribution < -0.4 is 5.43 Å². The van der Waals surface area contributed by atoms with Crippen molar-refractivity contribution in [1.82, 2.24) is 0 Å². The van der Waals surface area contributed by atoms with Crippen LogP contribution in [0.25, 0.3) is 22.3 Å². The van der Waals surface area contributed by atoms with E-state index in [0.717, 1.165) is 18.2 Å². The van der Waals surface area contributed by atoms with Gasteiger partial charge in [0, 0.05) is 17.7 Å². The highest BCUT2D eigenvalue weighted by atomic mass is 16.5. The lowest BCUT2D eigenvalue weighted by Gasteiger charge is -2.40. The molecule has 5 atom stereocenters. The number of hydrogen-bond acceptors (Lipinski definition) is 11. The Morgan fingerprint density at radius 1 is 0.844 bits per heavy atom. The molecular formula is C21H20O11. The Morgan fingerprint density at radius 2 is 1.56 bits per heavy atom. The van der Waals surface area contributed by atoms with Crippen molar-refractivity contribution in [2.45, 2.75) is 30.5 Å². The van der Waals surface area contributed by atoms with Gasteiger partial charge >= 0.3 is 0 Å². The van der Waals surface area contributed by atoms with Crippen LogP contribution in [0.2, 0.25) is 0 Å². The van der Waals surface area contributed by atoms with Crippen molar-refractivity contribution in [2.24, 2.45) is 0 Å². The van der Waals surface area contributed by atoms with Crippen LogP contribution in [-0.4, -0.2) is 71.9 Å². The number of phenolic OH excluding ortho intramolecular Hbond substituents is 4. The van der Waals surface area contributed by atoms with Crippen LogP contribution in [0.4, 0.5) is 0 Å². The SMILES string of the molecule is O=c1cc(-c2ccc(O)c(O)c2)oc2cc(O)c([C@@H]3O[C@@H](CO)[C@@H](O)[C@@H](O)[C@H]3O)c(O)c12. The summed E-state index contributed by atoms with van der Waals surface area (Å²) in [5, 5.41) is 79.6. The van der Waals surface area contributed by atoms with Crippen LogP contribution in [0.15, 0.2) is 39.5 Å². The molecule has 11 nitrogen and oxygen atoms in total. The van der Waals surface area contributed by atoms with E-state index in [1.807, 2.05) is 0 Å². The summed E-state index contributed by atoms with van der Waals surface area (Å²) in [6.07, 6.45) is -8.09. The van der Waals surface area contributed by atoms with Crippen LogP contribution in [0, 0.1) is 0 Å². The van der Waals surface area contributed by atoms with E-state index >= 15 is 0 Å². The number of hydrogen-bond donors (Lipinski definition) is 8. The molecule has 0 unspecified atom stereocenters. The Labute approximate surface area is 179 Å². The minimum atomic E-state index is -1.80. The van der Waals surface area contributed by atoms with Crippen molar-refractivity contribution in [3.63, 3.8) is 0 Å². The molecule has 1 aliphatic rings. The van der Waals surface area contributed by atoms with Crippen LogP contribution in [-0.2, 0) is 4.74 Å². The van der Waals surface area contributed by atoms with E-state index in [0.29, 0.717) is 0 Å². The molecule has 0 radical (unpaired) electrons. The highest BCUT2D eigenvalue weighted by Crippen LogP contribution is 2.44. The fourth-order valence-electron chi connectivity index (χ4n) is 3.74. The summed E-state index contributed by atoms with van der Waals surface area (Å²) in [4.78, 5) is 12.8. The van der Waals surface area contributed by atoms with Gasteiger partial charge < -0.3 is 50.0 Å². The van der Waals surface area contributed by atoms with E-state index < -0.39 is 65.4 Å². The topological polar surface area (TPSA) is 201 Å². The minimum absolute atomic E-state index is 0.0304. The first kappa shape index (κ1) is 21.9. The fourth-order valence-corrected chi connectivity index (χ4v) is 3.74. The molecule has 1 saturated heterocycles. The minimum Gasteiger partial charge on any atom is -0.507 e. The van der Waals surface area contributed by atoms with Crippen molar-refractivity contribution in [3.8, 4) is 34.3 Å². The molecule has 1 fully saturated rings. The molecule has 4 rings (SSSR count). The third-order valence-corrected chi connectivity index (χ3v) is 5.45. The third kappa shape index (κ3) is 3.42. The number of phenols is 4. The lowest BCUT2D eigenvalue weighted by atomic mass is 9.89. The van der Waals surface area contributed by atoms with Crippen LogP contribution >= 0.6 is 0 Å². The molecule has 0 aliphatic carbocycles. The molecule has 0 saturated carbocycles. The molecule has 11 heteroatoms. The smallest absolute Gasteiger partial charge is 0.197 e. The molecule has 32 heavy (non-hydrogen) atoms. The van der Waals surface area contributed by atoms with Gasteiger partial charge in [-0.3, -0.25) is 4.79 Å². The average Bonchev–Trinajstić information content (AvgIpc) is 2.74. The first-order chi connectivity index (χ1) is 15.1. The second-order valence-electron chi connectivity index (χ2n) is 7.46. The average molecular weight is 448 g/mol. The molecule has 1 aromatic heterocycles. The van der Waals surface area contributed by atoms with Gasteiger partial charge in [0.15, 0.2) is 16.9 Å². The summed E-state index contributed by atoms with van der Waals surface area (Å²) in [5.41, 5.74) is -1.17. The van der Waals surface area contributed by atoms with Gasteiger partial charge in [-0.15, -0.1) is 0 Å². The Hall–Kier alpha value is -3.35. The predicted molar refractivity (Wildman–Crippen MR) is 107 cm³/mol. The second-order valence-corrected chi connectivity index (χ2v) is 7.46. The van der Waals surface area contributed by atoms with E-state index in [2.05, 4.69) is 0 Å². The van der Waals surface area contributed by atoms with Gasteiger partial charge in [0.25, 0.3) is 0 Å². The number of aliphatic hydroxyl groups excluding tert-OH is 4. The predicted octanol–water partition coefficient (Wildman–Crippen LogP) is -0.203. The normalized spacial score (nSPS) is 25.8. The molecule has 0 amide bonds. The maximum atomic E-state index is 12.8. The zero-order valence-corrected chi connectivity index (χ0v) is 16.3. The molecule has 3 aromatic rings. The van der Waals surface area contributed by atoms with Crippen molar-refractivity contribution in [3.05, 3.63) is 46.1 Å². The van der Waals surface area contributed by atoms with Crippen molar-refractivity contribution >= 4 is 11.0 Å². The Bertz CT molecular complexity index is 1230. The number of benzene rings is 2. The molecule has 170 valence electrons. The van der Waals surface area contributed by atoms with Gasteiger partial charge in [-0.1, -0.05) is 0 Å². The number of ether oxygens (including phenoxy) is 1. The lowest BCUT2D eigenvalue weighted by Crippen LogP contribution is -2.55. The van der Waals surface area contributed by atoms with E-state index in [-0.39, 0.29) is 28.0 Å². The van der Waals surface area contributed by atoms with Crippen LogP contribution in [0.1, 0.15) is 11.7 Å². The van der Waals surface area contributed by atoms with E-state index in [9.17, 15) is 45.6 Å². The van der Waals surface area contributed by atoms with Crippen LogP contribution in [0.5, 0.6) is 23.0 Å². The maximum absolute atomic E-state index is 12.8. The first-order valence-electron chi connectivity index (χ1n) is 9.49. The summed E-state index contributed by atoms with van der Waals surface area (Å²) >= 11 is 0. The van der Waals surface area contributed by atoms with Crippen LogP contribution in [0.3, 0.4) is 0 Å². The highest BCUT2D eigenvalue weighted by Gasteiger charge is 2.46. The standard InChI is InChI=1S/C21H20O11/c22-6-14-17(27)19(29)20(30)21(32-14)16-11(26)5-13-15(18(16)28)10(25)4-12(31-13)7-1-2-8(23)9(24)3-7/h1-5,14,17,19-24,26-30H,6H2/t14-,17+,19+,20+,21-/m0/s1. The monoisotopic (exact) mass is 448 g/mol. The Balaban J connectivity index is 1.86. The lowest BCUT2D eigenvalue weighted by molar-refractivity contribution is -0.232. The van der Waals surface area contributed by atoms with E-state index in [4.69, 9.17) is 9.15 Å². The first-order valence-corrected chi connectivity index (χ1v) is 9.49. The number of aromatic hydroxyl groups is 4. The second kappa shape index (κ2) is 7.97. The molecular weight excluding hydrogens is 428 g/mol. The van der Waals surface area contributed by atoms with Crippen molar-refractivity contribution in [1.29, 1.82) is 0 Å². The van der Waals surface area contributed by atoms with Gasteiger partial charge in [0.1, 0.15) is 58.7 Å². The maximum Gasteiger partial charge on any atom is 0.197 e. The largest absolute Gasteiger partial charge is 0.507 e. The van der Waals surface area contributed by atoms with Gasteiger partial charge in [0.2, 0.25) is 0 Å². The Morgan fingerprint density at radius 3 is 2.22 bits per heavy atom. The Kier molecular flexibility index (Phi) is 5.44. The summed E-state index contributed by atoms with van der Waals surface area (Å²) < 4.78 is 11.0. The fraction of sp³-hybridized carbons (Fsp3) is 0.286. The van der Waals surface area contributed by atoms with Gasteiger partial charge in [0.05, 0.1) is 12.2 Å². The number of aliphatic hydroxyl groups is 4. The van der Waals surface area contributed by atoms with Gasteiger partial charge in [-0.05, 0) is 18.2 Å². The molecule has 2 heterocycles. The summed E-state index contributed by atoms with van der Waals surface area (Å²) in [7, 11) is 0. The highest BCUT2D eigenvalue weighted by molar-refractivity contribution is 5.88. The zero-order valence-electron chi connectivity index (χ0n) is 16.3. The molecule has 8 N–H and O–H groups in total. The molecule has 1 aliphatic heterocycles. The number of fused-ring (bicyclic) bond motifs is 1. The third-order valence-electron chi connectivity index (χ3n) is 5.45. The van der Waals surface area contributed by atoms with Crippen molar-refractivity contribution in [2.75, 3.05) is 6.61 Å². The van der Waals surface area contributed by atoms with Gasteiger partial charge in [-0.2, -0.15) is 0 Å². The van der Waals surface area contributed by atoms with E-state index in [1.165, 1.54) is 12.1 Å². The summed E-state index contributed by atoms with van der Waals surface area (Å²) in [6.45, 7) is -0.721. The van der Waals surface area contributed by atoms with Gasteiger partial charge in [-0.25, -0.2) is 0 Å². The quantitative estimate of drug-likeness (QED) is 0.247. The molecule has 0 bridgehead atoms.